The van der Waals surface area contributed by atoms with Crippen LogP contribution in [0, 0.1) is 0 Å². The van der Waals surface area contributed by atoms with E-state index in [-0.39, 0.29) is 0 Å². The number of hydrogen-bond donors (Lipinski definition) is 0. The average molecular weight is 635 g/mol. The van der Waals surface area contributed by atoms with E-state index in [1.165, 1.54) is 0 Å². The summed E-state index contributed by atoms with van der Waals surface area (Å²) >= 11 is 0. The average Bonchev–Trinajstić information content (AvgIpc) is 2.94. The maximum absolute atomic E-state index is 6.00. The summed E-state index contributed by atoms with van der Waals surface area (Å²) < 4.78 is 66.1. The Morgan fingerprint density at radius 1 is 0.400 bits per heavy atom. The molecule has 0 radical (unpaired) electrons. The largest absolute Gasteiger partial charge is 0.442 e. The molecular weight excluding hydrogens is 577 g/mol. The summed E-state index contributed by atoms with van der Waals surface area (Å²) in [6.07, 6.45) is 0.980. The smallest absolute Gasteiger partial charge is 0.313 e. The summed E-state index contributed by atoms with van der Waals surface area (Å²) in [6, 6.07) is 1.01. The van der Waals surface area contributed by atoms with Crippen LogP contribution < -0.4 is 0 Å². The van der Waals surface area contributed by atoms with Gasteiger partial charge in [0, 0.05) is 13.7 Å². The van der Waals surface area contributed by atoms with Gasteiger partial charge in [0.1, 0.15) is 19.5 Å². The van der Waals surface area contributed by atoms with Crippen molar-refractivity contribution < 1.29 is 55.6 Å². The van der Waals surface area contributed by atoms with Crippen molar-refractivity contribution >= 4 is 28.1 Å². The molecular formula is C25H58O12Si3. The first-order valence-corrected chi connectivity index (χ1v) is 21.2. The van der Waals surface area contributed by atoms with Crippen molar-refractivity contribution in [2.24, 2.45) is 0 Å². The fourth-order valence-electron chi connectivity index (χ4n) is 3.30. The molecule has 0 aromatic heterocycles. The van der Waals surface area contributed by atoms with E-state index < -0.39 is 28.1 Å². The molecule has 0 saturated heterocycles. The molecule has 0 saturated carbocycles. The third-order valence-corrected chi connectivity index (χ3v) is 13.7. The molecule has 0 aromatic rings. The lowest BCUT2D eigenvalue weighted by Crippen LogP contribution is -2.40. The molecule has 0 aliphatic rings. The highest BCUT2D eigenvalue weighted by molar-refractivity contribution is 6.74. The van der Waals surface area contributed by atoms with E-state index in [0.717, 1.165) is 19.1 Å². The van der Waals surface area contributed by atoms with Gasteiger partial charge in [-0.3, -0.25) is 0 Å². The lowest BCUT2D eigenvalue weighted by atomic mass is 10.5. The second kappa shape index (κ2) is 33.7. The zero-order chi connectivity index (χ0) is 29.2. The van der Waals surface area contributed by atoms with Crippen LogP contribution in [0.25, 0.3) is 0 Å². The Morgan fingerprint density at radius 2 is 0.650 bits per heavy atom. The number of rotatable bonds is 35. The van der Waals surface area contributed by atoms with Gasteiger partial charge in [-0.15, -0.1) is 0 Å². The summed E-state index contributed by atoms with van der Waals surface area (Å²) in [7, 11) is -1.12. The van der Waals surface area contributed by atoms with Crippen molar-refractivity contribution in [3.63, 3.8) is 0 Å². The molecule has 0 heterocycles. The minimum absolute atomic E-state index is 0.428. The van der Waals surface area contributed by atoms with E-state index >= 15 is 0 Å². The summed E-state index contributed by atoms with van der Waals surface area (Å²) in [4.78, 5) is 0. The van der Waals surface area contributed by atoms with Gasteiger partial charge in [0.25, 0.3) is 0 Å². The Balaban J connectivity index is 3.15. The van der Waals surface area contributed by atoms with Crippen molar-refractivity contribution in [1.29, 1.82) is 0 Å². The van der Waals surface area contributed by atoms with Crippen LogP contribution in [0.5, 0.6) is 0 Å². The zero-order valence-electron chi connectivity index (χ0n) is 25.7. The number of ether oxygens (including phenoxy) is 10. The van der Waals surface area contributed by atoms with Crippen molar-refractivity contribution in [3.05, 3.63) is 0 Å². The van der Waals surface area contributed by atoms with Crippen LogP contribution in [-0.2, 0) is 55.6 Å². The van der Waals surface area contributed by atoms with Gasteiger partial charge in [0.05, 0.1) is 119 Å². The Kier molecular flexibility index (Phi) is 33.8. The minimum atomic E-state index is -1.91. The van der Waals surface area contributed by atoms with Crippen LogP contribution >= 0.6 is 0 Å². The first kappa shape index (κ1) is 40.2. The molecule has 0 rings (SSSR count). The molecule has 0 fully saturated rings. The second-order valence-corrected chi connectivity index (χ2v) is 14.8. The lowest BCUT2D eigenvalue weighted by Gasteiger charge is -2.27. The summed E-state index contributed by atoms with van der Waals surface area (Å²) in [5.41, 5.74) is 0. The van der Waals surface area contributed by atoms with E-state index in [2.05, 4.69) is 19.6 Å². The van der Waals surface area contributed by atoms with Crippen molar-refractivity contribution in [2.75, 3.05) is 133 Å². The van der Waals surface area contributed by atoms with E-state index in [1.807, 2.05) is 0 Å². The Bertz CT molecular complexity index is 480. The normalized spacial score (nSPS) is 13.8. The standard InChI is InChI=1S/C25H58O12Si3/c1-26-7-8-28-11-12-30-15-16-32-19-20-34-23-24-35-22-21-33-18-17-31-14-13-29-10-9-27-6-5-25-40(4,36-38-2)37-39-3/h5-25,38-39H2,1-4H3. The second-order valence-electron chi connectivity index (χ2n) is 8.61. The SMILES string of the molecule is COCCOCCOCCOCCOCCOCCOCCOCCOCCOCCC[Si](C)(O[SiH2]C)O[SiH2]C. The van der Waals surface area contributed by atoms with Crippen molar-refractivity contribution in [1.82, 2.24) is 0 Å². The molecule has 0 atom stereocenters. The minimum Gasteiger partial charge on any atom is -0.442 e. The fourth-order valence-corrected chi connectivity index (χ4v) is 11.2. The molecule has 0 amide bonds. The predicted molar refractivity (Wildman–Crippen MR) is 161 cm³/mol. The molecule has 15 heteroatoms. The summed E-state index contributed by atoms with van der Waals surface area (Å²) in [5, 5.41) is 0. The Morgan fingerprint density at radius 3 is 0.900 bits per heavy atom. The van der Waals surface area contributed by atoms with Gasteiger partial charge < -0.3 is 55.6 Å². The van der Waals surface area contributed by atoms with Gasteiger partial charge in [-0.05, 0) is 19.0 Å². The Hall–Kier alpha value is 0.171. The first-order chi connectivity index (χ1) is 19.7. The maximum atomic E-state index is 6.00. The molecule has 0 aromatic carbocycles. The highest BCUT2D eigenvalue weighted by Crippen LogP contribution is 2.14. The van der Waals surface area contributed by atoms with Gasteiger partial charge >= 0.3 is 8.56 Å². The summed E-state index contributed by atoms with van der Waals surface area (Å²) in [6.45, 7) is 17.1. The van der Waals surface area contributed by atoms with Crippen LogP contribution in [0.1, 0.15) is 6.42 Å². The maximum Gasteiger partial charge on any atom is 0.313 e. The van der Waals surface area contributed by atoms with Crippen molar-refractivity contribution in [2.45, 2.75) is 32.1 Å². The molecule has 0 aliphatic heterocycles. The third kappa shape index (κ3) is 31.1. The van der Waals surface area contributed by atoms with Crippen LogP contribution in [-0.4, -0.2) is 161 Å². The number of hydrogen-bond acceptors (Lipinski definition) is 12. The molecule has 12 nitrogen and oxygen atoms in total. The molecule has 0 N–H and O–H groups in total. The van der Waals surface area contributed by atoms with Crippen LogP contribution in [0.2, 0.25) is 25.7 Å². The number of methoxy groups -OCH3 is 1. The molecule has 40 heavy (non-hydrogen) atoms. The van der Waals surface area contributed by atoms with E-state index in [0.29, 0.717) is 119 Å². The van der Waals surface area contributed by atoms with Gasteiger partial charge in [-0.2, -0.15) is 0 Å². The Labute approximate surface area is 248 Å². The van der Waals surface area contributed by atoms with Crippen molar-refractivity contribution in [3.8, 4) is 0 Å². The highest BCUT2D eigenvalue weighted by Gasteiger charge is 2.28. The quantitative estimate of drug-likeness (QED) is 0.0717. The van der Waals surface area contributed by atoms with Crippen LogP contribution in [0.3, 0.4) is 0 Å². The fraction of sp³-hybridized carbons (Fsp3) is 1.00. The first-order valence-electron chi connectivity index (χ1n) is 14.6. The predicted octanol–water partition coefficient (Wildman–Crippen LogP) is 0.541. The van der Waals surface area contributed by atoms with Gasteiger partial charge in [-0.1, -0.05) is 13.1 Å². The van der Waals surface area contributed by atoms with Gasteiger partial charge in [0.2, 0.25) is 0 Å². The van der Waals surface area contributed by atoms with Gasteiger partial charge in [0.15, 0.2) is 0 Å². The molecule has 0 bridgehead atoms. The highest BCUT2D eigenvalue weighted by atomic mass is 28.4. The van der Waals surface area contributed by atoms with E-state index in [9.17, 15) is 0 Å². The van der Waals surface area contributed by atoms with E-state index in [1.54, 1.807) is 7.11 Å². The van der Waals surface area contributed by atoms with Crippen LogP contribution in [0.4, 0.5) is 0 Å². The molecule has 242 valence electrons. The van der Waals surface area contributed by atoms with Crippen LogP contribution in [0.15, 0.2) is 0 Å². The molecule has 0 spiro atoms. The zero-order valence-corrected chi connectivity index (χ0v) is 29.5. The lowest BCUT2D eigenvalue weighted by molar-refractivity contribution is -0.0258. The molecule has 0 unspecified atom stereocenters. The summed E-state index contributed by atoms with van der Waals surface area (Å²) in [5.74, 6) is 0. The van der Waals surface area contributed by atoms with E-state index in [4.69, 9.17) is 55.6 Å². The molecule has 0 aliphatic carbocycles. The topological polar surface area (TPSA) is 111 Å². The third-order valence-electron chi connectivity index (χ3n) is 5.23. The monoisotopic (exact) mass is 634 g/mol. The van der Waals surface area contributed by atoms with Gasteiger partial charge in [-0.25, -0.2) is 0 Å².